The van der Waals surface area contributed by atoms with Gasteiger partial charge in [-0.15, -0.1) is 0 Å². The van der Waals surface area contributed by atoms with Crippen LogP contribution in [0.4, 0.5) is 0 Å². The van der Waals surface area contributed by atoms with Gasteiger partial charge in [-0.1, -0.05) is 18.2 Å². The number of carbonyl (C=O) groups is 2. The summed E-state index contributed by atoms with van der Waals surface area (Å²) in [6, 6.07) is 11.2. The van der Waals surface area contributed by atoms with Gasteiger partial charge >= 0.3 is 11.9 Å². The highest BCUT2D eigenvalue weighted by molar-refractivity contribution is 5.92. The fourth-order valence-corrected chi connectivity index (χ4v) is 3.39. The molecule has 0 unspecified atom stereocenters. The van der Waals surface area contributed by atoms with Gasteiger partial charge in [0.2, 0.25) is 12.0 Å². The molecule has 1 saturated heterocycles. The number of hydrogen-bond acceptors (Lipinski definition) is 11. The summed E-state index contributed by atoms with van der Waals surface area (Å²) in [6.45, 7) is 1.25. The van der Waals surface area contributed by atoms with E-state index in [0.29, 0.717) is 11.3 Å². The zero-order chi connectivity index (χ0) is 26.2. The van der Waals surface area contributed by atoms with Gasteiger partial charge in [0.25, 0.3) is 0 Å². The molecule has 1 aliphatic rings. The molecule has 0 saturated carbocycles. The lowest BCUT2D eigenvalue weighted by Gasteiger charge is -2.18. The van der Waals surface area contributed by atoms with Crippen LogP contribution in [0.1, 0.15) is 12.5 Å². The number of esters is 2. The standard InChI is InChI=1S/C25H28O11/c1-14(26)33-18-10-9-15(11-19(18)32-4)12-20(34-17-8-6-5-7-16(17)31-3)24(29)36-25-23(28)22(27)21(35-25)13-30-2/h5-12,21-23,25,27-28H,13H2,1-4H3/b20-12-/t21-,22-,23+,25-/m0/s1. The Kier molecular flexibility index (Phi) is 9.25. The Morgan fingerprint density at radius 3 is 2.22 bits per heavy atom. The third kappa shape index (κ3) is 6.52. The number of benzene rings is 2. The van der Waals surface area contributed by atoms with Crippen LogP contribution in [0, 0.1) is 0 Å². The molecule has 194 valence electrons. The van der Waals surface area contributed by atoms with Crippen LogP contribution in [0.3, 0.4) is 0 Å². The lowest BCUT2D eigenvalue weighted by molar-refractivity contribution is -0.188. The van der Waals surface area contributed by atoms with Crippen molar-refractivity contribution < 1.29 is 53.0 Å². The molecule has 4 atom stereocenters. The Morgan fingerprint density at radius 2 is 1.58 bits per heavy atom. The summed E-state index contributed by atoms with van der Waals surface area (Å²) < 4.78 is 37.2. The second-order valence-electron chi connectivity index (χ2n) is 7.65. The minimum absolute atomic E-state index is 0.0127. The molecule has 11 nitrogen and oxygen atoms in total. The molecule has 2 N–H and O–H groups in total. The molecule has 2 aromatic rings. The third-order valence-corrected chi connectivity index (χ3v) is 5.10. The molecule has 1 heterocycles. The molecule has 3 rings (SSSR count). The van der Waals surface area contributed by atoms with Gasteiger partial charge in [-0.2, -0.15) is 0 Å². The maximum Gasteiger partial charge on any atom is 0.376 e. The van der Waals surface area contributed by atoms with E-state index >= 15 is 0 Å². The normalized spacial score (nSPS) is 21.6. The monoisotopic (exact) mass is 504 g/mol. The number of carbonyl (C=O) groups excluding carboxylic acids is 2. The Hall–Kier alpha value is -3.64. The molecule has 36 heavy (non-hydrogen) atoms. The zero-order valence-corrected chi connectivity index (χ0v) is 20.2. The van der Waals surface area contributed by atoms with Gasteiger partial charge < -0.3 is 43.4 Å². The predicted octanol–water partition coefficient (Wildman–Crippen LogP) is 1.69. The minimum atomic E-state index is -1.50. The van der Waals surface area contributed by atoms with Crippen molar-refractivity contribution in [3.05, 3.63) is 53.8 Å². The van der Waals surface area contributed by atoms with Gasteiger partial charge in [0.05, 0.1) is 20.8 Å². The molecule has 1 aliphatic heterocycles. The predicted molar refractivity (Wildman–Crippen MR) is 125 cm³/mol. The molecular formula is C25H28O11. The highest BCUT2D eigenvalue weighted by Gasteiger charge is 2.45. The number of methoxy groups -OCH3 is 3. The molecule has 0 amide bonds. The van der Waals surface area contributed by atoms with E-state index in [0.717, 1.165) is 0 Å². The molecule has 11 heteroatoms. The Labute approximate surface area is 207 Å². The van der Waals surface area contributed by atoms with Crippen LogP contribution < -0.4 is 18.9 Å². The highest BCUT2D eigenvalue weighted by Crippen LogP contribution is 2.32. The van der Waals surface area contributed by atoms with E-state index in [1.54, 1.807) is 30.3 Å². The summed E-state index contributed by atoms with van der Waals surface area (Å²) in [4.78, 5) is 24.5. The van der Waals surface area contributed by atoms with Gasteiger partial charge in [0.1, 0.15) is 18.3 Å². The fraction of sp³-hybridized carbons (Fsp3) is 0.360. The van der Waals surface area contributed by atoms with Crippen LogP contribution in [0.15, 0.2) is 48.2 Å². The molecular weight excluding hydrogens is 476 g/mol. The lowest BCUT2D eigenvalue weighted by atomic mass is 10.1. The Balaban J connectivity index is 1.93. The first-order valence-electron chi connectivity index (χ1n) is 10.9. The number of rotatable bonds is 10. The van der Waals surface area contributed by atoms with Crippen LogP contribution >= 0.6 is 0 Å². The molecule has 0 radical (unpaired) electrons. The smallest absolute Gasteiger partial charge is 0.376 e. The van der Waals surface area contributed by atoms with E-state index < -0.39 is 36.5 Å². The summed E-state index contributed by atoms with van der Waals surface area (Å²) in [5.41, 5.74) is 0.440. The van der Waals surface area contributed by atoms with Gasteiger partial charge in [0, 0.05) is 14.0 Å². The van der Waals surface area contributed by atoms with Crippen LogP contribution in [-0.2, 0) is 23.8 Å². The second-order valence-corrected chi connectivity index (χ2v) is 7.65. The van der Waals surface area contributed by atoms with Crippen molar-refractivity contribution in [2.45, 2.75) is 31.5 Å². The number of aliphatic hydroxyl groups excluding tert-OH is 2. The molecule has 2 aromatic carbocycles. The molecule has 0 aliphatic carbocycles. The molecule has 0 bridgehead atoms. The average molecular weight is 504 g/mol. The second kappa shape index (κ2) is 12.4. The van der Waals surface area contributed by atoms with Gasteiger partial charge in [-0.3, -0.25) is 4.79 Å². The van der Waals surface area contributed by atoms with Gasteiger partial charge in [-0.25, -0.2) is 4.79 Å². The van der Waals surface area contributed by atoms with Crippen molar-refractivity contribution in [2.24, 2.45) is 0 Å². The largest absolute Gasteiger partial charge is 0.493 e. The van der Waals surface area contributed by atoms with Crippen LogP contribution in [-0.4, -0.2) is 74.7 Å². The van der Waals surface area contributed by atoms with Crippen molar-refractivity contribution in [2.75, 3.05) is 27.9 Å². The number of para-hydroxylation sites is 2. The third-order valence-electron chi connectivity index (χ3n) is 5.10. The van der Waals surface area contributed by atoms with E-state index in [9.17, 15) is 19.8 Å². The first-order valence-corrected chi connectivity index (χ1v) is 10.9. The van der Waals surface area contributed by atoms with Crippen LogP contribution in [0.25, 0.3) is 6.08 Å². The summed E-state index contributed by atoms with van der Waals surface area (Å²) in [5, 5.41) is 20.4. The topological polar surface area (TPSA) is 139 Å². The summed E-state index contributed by atoms with van der Waals surface area (Å²) >= 11 is 0. The number of hydrogen-bond donors (Lipinski definition) is 2. The first-order chi connectivity index (χ1) is 17.3. The molecule has 1 fully saturated rings. The van der Waals surface area contributed by atoms with Crippen molar-refractivity contribution in [3.8, 4) is 23.0 Å². The highest BCUT2D eigenvalue weighted by atomic mass is 16.7. The van der Waals surface area contributed by atoms with E-state index in [2.05, 4.69) is 0 Å². The summed E-state index contributed by atoms with van der Waals surface area (Å²) in [6.07, 6.45) is -3.80. The van der Waals surface area contributed by atoms with Crippen molar-refractivity contribution >= 4 is 18.0 Å². The van der Waals surface area contributed by atoms with Crippen molar-refractivity contribution in [3.63, 3.8) is 0 Å². The van der Waals surface area contributed by atoms with Gasteiger partial charge in [-0.05, 0) is 35.9 Å². The van der Waals surface area contributed by atoms with E-state index in [1.165, 1.54) is 46.5 Å². The fourth-order valence-electron chi connectivity index (χ4n) is 3.39. The lowest BCUT2D eigenvalue weighted by Crippen LogP contribution is -2.36. The first kappa shape index (κ1) is 27.0. The van der Waals surface area contributed by atoms with Crippen LogP contribution in [0.5, 0.6) is 23.0 Å². The quantitative estimate of drug-likeness (QED) is 0.211. The Bertz CT molecular complexity index is 1100. The summed E-state index contributed by atoms with van der Waals surface area (Å²) in [5.74, 6) is -0.796. The van der Waals surface area contributed by atoms with Crippen molar-refractivity contribution in [1.29, 1.82) is 0 Å². The van der Waals surface area contributed by atoms with Crippen molar-refractivity contribution in [1.82, 2.24) is 0 Å². The van der Waals surface area contributed by atoms with E-state index in [1.807, 2.05) is 0 Å². The molecule has 0 aromatic heterocycles. The number of aliphatic hydroxyl groups is 2. The average Bonchev–Trinajstić information content (AvgIpc) is 3.12. The van der Waals surface area contributed by atoms with E-state index in [-0.39, 0.29) is 29.6 Å². The maximum absolute atomic E-state index is 13.1. The maximum atomic E-state index is 13.1. The summed E-state index contributed by atoms with van der Waals surface area (Å²) in [7, 11) is 4.25. The SMILES string of the molecule is COC[C@@H]1O[C@@H](OC(=O)/C(=C/c2ccc(OC(C)=O)c(OC)c2)Oc2ccccc2OC)[C@H](O)[C@H]1O. The van der Waals surface area contributed by atoms with E-state index in [4.69, 9.17) is 33.2 Å². The minimum Gasteiger partial charge on any atom is -0.493 e. The Morgan fingerprint density at radius 1 is 0.917 bits per heavy atom. The zero-order valence-electron chi connectivity index (χ0n) is 20.2. The van der Waals surface area contributed by atoms with Crippen LogP contribution in [0.2, 0.25) is 0 Å². The number of ether oxygens (including phenoxy) is 7. The van der Waals surface area contributed by atoms with Gasteiger partial charge in [0.15, 0.2) is 23.0 Å². The molecule has 0 spiro atoms.